The predicted molar refractivity (Wildman–Crippen MR) is 50.5 cm³/mol. The summed E-state index contributed by atoms with van der Waals surface area (Å²) in [6.45, 7) is 0.908. The fraction of sp³-hybridized carbons (Fsp3) is 1.00. The van der Waals surface area contributed by atoms with E-state index in [1.807, 2.05) is 0 Å². The van der Waals surface area contributed by atoms with E-state index in [-0.39, 0.29) is 17.6 Å². The van der Waals surface area contributed by atoms with Crippen LogP contribution in [-0.2, 0) is 19.3 Å². The Labute approximate surface area is 83.5 Å². The molecule has 1 atom stereocenters. The van der Waals surface area contributed by atoms with E-state index in [9.17, 15) is 8.42 Å². The van der Waals surface area contributed by atoms with Crippen molar-refractivity contribution in [1.82, 2.24) is 0 Å². The van der Waals surface area contributed by atoms with Gasteiger partial charge in [0.05, 0.1) is 24.2 Å². The first-order valence-corrected chi connectivity index (χ1v) is 6.60. The lowest BCUT2D eigenvalue weighted by molar-refractivity contribution is -0.171. The molecule has 0 aromatic rings. The molecule has 0 amide bonds. The summed E-state index contributed by atoms with van der Waals surface area (Å²) in [5, 5.41) is 0. The van der Waals surface area contributed by atoms with Crippen molar-refractivity contribution in [2.75, 3.05) is 24.7 Å². The van der Waals surface area contributed by atoms with E-state index in [0.717, 1.165) is 0 Å². The molecule has 2 N–H and O–H groups in total. The van der Waals surface area contributed by atoms with Crippen LogP contribution < -0.4 is 5.73 Å². The van der Waals surface area contributed by atoms with Gasteiger partial charge in [-0.1, -0.05) is 0 Å². The van der Waals surface area contributed by atoms with Crippen LogP contribution in [0.3, 0.4) is 0 Å². The second kappa shape index (κ2) is 3.44. The third-order valence-corrected chi connectivity index (χ3v) is 4.42. The minimum Gasteiger partial charge on any atom is -0.347 e. The van der Waals surface area contributed by atoms with Crippen LogP contribution in [0.1, 0.15) is 12.8 Å². The molecule has 0 saturated carbocycles. The number of nitrogens with two attached hydrogens (primary N) is 1. The Bertz CT molecular complexity index is 299. The van der Waals surface area contributed by atoms with Gasteiger partial charge in [-0.2, -0.15) is 0 Å². The first-order chi connectivity index (χ1) is 6.55. The summed E-state index contributed by atoms with van der Waals surface area (Å²) < 4.78 is 33.5. The summed E-state index contributed by atoms with van der Waals surface area (Å²) in [7, 11) is -2.86. The van der Waals surface area contributed by atoms with Gasteiger partial charge in [0, 0.05) is 19.4 Å². The van der Waals surface area contributed by atoms with Crippen molar-refractivity contribution in [3.8, 4) is 0 Å². The zero-order valence-electron chi connectivity index (χ0n) is 7.94. The summed E-state index contributed by atoms with van der Waals surface area (Å²) in [6.07, 6.45) is 0.799. The van der Waals surface area contributed by atoms with E-state index in [0.29, 0.717) is 26.0 Å². The molecule has 14 heavy (non-hydrogen) atoms. The average Bonchev–Trinajstić information content (AvgIpc) is 2.56. The largest absolute Gasteiger partial charge is 0.347 e. The van der Waals surface area contributed by atoms with Crippen LogP contribution in [0.2, 0.25) is 0 Å². The molecule has 82 valence electrons. The summed E-state index contributed by atoms with van der Waals surface area (Å²) in [4.78, 5) is 0. The molecular weight excluding hydrogens is 206 g/mol. The third kappa shape index (κ3) is 1.93. The second-order valence-electron chi connectivity index (χ2n) is 3.85. The Balaban J connectivity index is 2.01. The normalized spacial score (nSPS) is 34.8. The molecule has 2 rings (SSSR count). The van der Waals surface area contributed by atoms with Crippen LogP contribution in [0, 0.1) is 0 Å². The Hall–Kier alpha value is -0.170. The standard InChI is InChI=1S/C8H15NO4S/c9-5-7-6-12-8(13-7)1-3-14(10,11)4-2-8/h7H,1-6,9H2. The van der Waals surface area contributed by atoms with Gasteiger partial charge in [0.2, 0.25) is 0 Å². The Morgan fingerprint density at radius 2 is 2.00 bits per heavy atom. The number of ether oxygens (including phenoxy) is 2. The zero-order chi connectivity index (χ0) is 10.2. The molecule has 0 aliphatic carbocycles. The van der Waals surface area contributed by atoms with E-state index in [1.165, 1.54) is 0 Å². The molecule has 2 fully saturated rings. The minimum absolute atomic E-state index is 0.0733. The van der Waals surface area contributed by atoms with Crippen LogP contribution in [0.15, 0.2) is 0 Å². The molecule has 0 bridgehead atoms. The lowest BCUT2D eigenvalue weighted by atomic mass is 10.1. The highest BCUT2D eigenvalue weighted by Crippen LogP contribution is 2.34. The third-order valence-electron chi connectivity index (χ3n) is 2.76. The summed E-state index contributed by atoms with van der Waals surface area (Å²) in [5.41, 5.74) is 5.45. The Kier molecular flexibility index (Phi) is 2.55. The topological polar surface area (TPSA) is 78.6 Å². The number of rotatable bonds is 1. The number of hydrogen-bond acceptors (Lipinski definition) is 5. The number of sulfone groups is 1. The summed E-state index contributed by atoms with van der Waals surface area (Å²) >= 11 is 0. The van der Waals surface area contributed by atoms with Crippen LogP contribution in [0.4, 0.5) is 0 Å². The van der Waals surface area contributed by atoms with E-state index >= 15 is 0 Å². The zero-order valence-corrected chi connectivity index (χ0v) is 8.76. The molecule has 2 saturated heterocycles. The van der Waals surface area contributed by atoms with Gasteiger partial charge in [-0.25, -0.2) is 8.42 Å². The summed E-state index contributed by atoms with van der Waals surface area (Å²) in [6, 6.07) is 0. The fourth-order valence-electron chi connectivity index (χ4n) is 1.84. The minimum atomic E-state index is -2.86. The van der Waals surface area contributed by atoms with Gasteiger partial charge in [0.25, 0.3) is 0 Å². The van der Waals surface area contributed by atoms with Crippen LogP contribution in [-0.4, -0.2) is 45.0 Å². The molecule has 0 aromatic heterocycles. The Morgan fingerprint density at radius 1 is 1.36 bits per heavy atom. The number of hydrogen-bond donors (Lipinski definition) is 1. The Morgan fingerprint density at radius 3 is 2.50 bits per heavy atom. The molecular formula is C8H15NO4S. The van der Waals surface area contributed by atoms with Crippen molar-refractivity contribution in [3.05, 3.63) is 0 Å². The van der Waals surface area contributed by atoms with Crippen molar-refractivity contribution < 1.29 is 17.9 Å². The quantitative estimate of drug-likeness (QED) is 0.631. The van der Waals surface area contributed by atoms with Gasteiger partial charge in [0.15, 0.2) is 15.6 Å². The molecule has 0 radical (unpaired) electrons. The van der Waals surface area contributed by atoms with Gasteiger partial charge < -0.3 is 15.2 Å². The van der Waals surface area contributed by atoms with E-state index in [1.54, 1.807) is 0 Å². The van der Waals surface area contributed by atoms with Crippen molar-refractivity contribution in [3.63, 3.8) is 0 Å². The molecule has 1 unspecified atom stereocenters. The molecule has 0 aromatic carbocycles. The molecule has 5 nitrogen and oxygen atoms in total. The molecule has 6 heteroatoms. The second-order valence-corrected chi connectivity index (χ2v) is 6.15. The predicted octanol–water partition coefficient (Wildman–Crippen LogP) is -0.735. The van der Waals surface area contributed by atoms with Gasteiger partial charge in [-0.05, 0) is 0 Å². The SMILES string of the molecule is NCC1COC2(CCS(=O)(=O)CC2)O1. The first-order valence-electron chi connectivity index (χ1n) is 4.78. The highest BCUT2D eigenvalue weighted by molar-refractivity contribution is 7.91. The maximum absolute atomic E-state index is 11.2. The first kappa shape index (κ1) is 10.4. The lowest BCUT2D eigenvalue weighted by Crippen LogP contribution is -2.41. The van der Waals surface area contributed by atoms with Gasteiger partial charge >= 0.3 is 0 Å². The molecule has 2 aliphatic rings. The fourth-order valence-corrected chi connectivity index (χ4v) is 3.29. The highest BCUT2D eigenvalue weighted by atomic mass is 32.2. The van der Waals surface area contributed by atoms with Crippen molar-refractivity contribution >= 4 is 9.84 Å². The van der Waals surface area contributed by atoms with Crippen LogP contribution in [0.25, 0.3) is 0 Å². The highest BCUT2D eigenvalue weighted by Gasteiger charge is 2.45. The maximum Gasteiger partial charge on any atom is 0.170 e. The van der Waals surface area contributed by atoms with Gasteiger partial charge in [-0.3, -0.25) is 0 Å². The van der Waals surface area contributed by atoms with Crippen molar-refractivity contribution in [2.45, 2.75) is 24.7 Å². The van der Waals surface area contributed by atoms with Crippen LogP contribution >= 0.6 is 0 Å². The molecule has 2 heterocycles. The smallest absolute Gasteiger partial charge is 0.170 e. The monoisotopic (exact) mass is 221 g/mol. The van der Waals surface area contributed by atoms with E-state index in [4.69, 9.17) is 15.2 Å². The van der Waals surface area contributed by atoms with Gasteiger partial charge in [0.1, 0.15) is 0 Å². The maximum atomic E-state index is 11.2. The summed E-state index contributed by atoms with van der Waals surface area (Å²) in [5.74, 6) is -0.343. The van der Waals surface area contributed by atoms with Gasteiger partial charge in [-0.15, -0.1) is 0 Å². The van der Waals surface area contributed by atoms with E-state index < -0.39 is 15.6 Å². The average molecular weight is 221 g/mol. The van der Waals surface area contributed by atoms with Crippen molar-refractivity contribution in [2.24, 2.45) is 5.73 Å². The van der Waals surface area contributed by atoms with Crippen LogP contribution in [0.5, 0.6) is 0 Å². The molecule has 1 spiro atoms. The van der Waals surface area contributed by atoms with E-state index in [2.05, 4.69) is 0 Å². The molecule has 2 aliphatic heterocycles. The lowest BCUT2D eigenvalue weighted by Gasteiger charge is -2.31. The van der Waals surface area contributed by atoms with Crippen molar-refractivity contribution in [1.29, 1.82) is 0 Å².